The molecule has 4 fully saturated rings. The Bertz CT molecular complexity index is 1090. The molecule has 0 aromatic rings. The summed E-state index contributed by atoms with van der Waals surface area (Å²) < 4.78 is 20.7. The number of halogens is 1. The van der Waals surface area contributed by atoms with Gasteiger partial charge in [0.2, 0.25) is 11.7 Å². The zero-order valence-corrected chi connectivity index (χ0v) is 20.8. The van der Waals surface area contributed by atoms with Crippen molar-refractivity contribution >= 4 is 23.4 Å². The van der Waals surface area contributed by atoms with Gasteiger partial charge in [-0.1, -0.05) is 26.8 Å². The summed E-state index contributed by atoms with van der Waals surface area (Å²) in [6.45, 7) is 4.76. The average molecular weight is 504 g/mol. The van der Waals surface area contributed by atoms with E-state index in [1.807, 2.05) is 6.92 Å². The molecule has 1 aliphatic heterocycles. The molecule has 0 aromatic carbocycles. The molecule has 8 nitrogen and oxygen atoms in total. The summed E-state index contributed by atoms with van der Waals surface area (Å²) in [5, 5.41) is 25.9. The van der Waals surface area contributed by atoms with Crippen LogP contribution < -0.4 is 5.32 Å². The molecule has 0 aromatic heterocycles. The van der Waals surface area contributed by atoms with Crippen molar-refractivity contribution in [1.82, 2.24) is 5.32 Å². The maximum absolute atomic E-state index is 15.5. The number of carbonyl (C=O) groups is 4. The third-order valence-electron chi connectivity index (χ3n) is 10.1. The lowest BCUT2D eigenvalue weighted by Crippen LogP contribution is -2.63. The molecular weight excluding hydrogens is 469 g/mol. The number of esters is 1. The molecule has 9 heteroatoms. The van der Waals surface area contributed by atoms with Crippen molar-refractivity contribution in [3.8, 4) is 0 Å². The Hall–Kier alpha value is -2.39. The summed E-state index contributed by atoms with van der Waals surface area (Å²) in [6, 6.07) is -0.802. The Balaban J connectivity index is 1.41. The van der Waals surface area contributed by atoms with Crippen LogP contribution in [0.5, 0.6) is 0 Å². The van der Waals surface area contributed by atoms with Crippen LogP contribution in [0.3, 0.4) is 0 Å². The number of alkyl halides is 1. The van der Waals surface area contributed by atoms with Gasteiger partial charge in [-0.3, -0.25) is 14.4 Å². The first kappa shape index (κ1) is 25.3. The van der Waals surface area contributed by atoms with E-state index in [-0.39, 0.29) is 48.7 Å². The number of nitrogens with one attached hydrogen (secondary N) is 1. The number of fused-ring (bicyclic) bond motifs is 5. The molecule has 1 saturated heterocycles. The van der Waals surface area contributed by atoms with Crippen LogP contribution in [0.2, 0.25) is 0 Å². The highest BCUT2D eigenvalue weighted by atomic mass is 19.1. The predicted molar refractivity (Wildman–Crippen MR) is 125 cm³/mol. The predicted octanol–water partition coefficient (Wildman–Crippen LogP) is 1.58. The number of Topliss-reactive ketones (excluding diaryl/α,β-unsaturated/α-hetero) is 1. The molecule has 5 aliphatic rings. The number of aliphatic hydroxyl groups is 2. The second kappa shape index (κ2) is 8.31. The molecule has 5 rings (SSSR count). The van der Waals surface area contributed by atoms with Crippen molar-refractivity contribution in [1.29, 1.82) is 0 Å². The molecule has 4 aliphatic carbocycles. The van der Waals surface area contributed by atoms with Gasteiger partial charge in [0.15, 0.2) is 12.4 Å². The third-order valence-corrected chi connectivity index (χ3v) is 10.1. The average Bonchev–Trinajstić information content (AvgIpc) is 3.33. The minimum atomic E-state index is -1.87. The Morgan fingerprint density at radius 2 is 1.97 bits per heavy atom. The fraction of sp³-hybridized carbons (Fsp3) is 0.704. The van der Waals surface area contributed by atoms with Crippen LogP contribution in [0.1, 0.15) is 52.9 Å². The van der Waals surface area contributed by atoms with Gasteiger partial charge in [0.05, 0.1) is 6.10 Å². The Morgan fingerprint density at radius 3 is 2.64 bits per heavy atom. The maximum Gasteiger partial charge on any atom is 0.329 e. The van der Waals surface area contributed by atoms with Crippen LogP contribution in [0.25, 0.3) is 0 Å². The van der Waals surface area contributed by atoms with Gasteiger partial charge in [-0.05, 0) is 61.2 Å². The van der Waals surface area contributed by atoms with Crippen LogP contribution in [-0.2, 0) is 23.9 Å². The summed E-state index contributed by atoms with van der Waals surface area (Å²) in [7, 11) is 0. The number of ketones is 2. The molecule has 1 amide bonds. The normalized spacial score (nSPS) is 47.4. The number of hydrogen-bond donors (Lipinski definition) is 3. The molecule has 0 radical (unpaired) electrons. The zero-order valence-electron chi connectivity index (χ0n) is 20.8. The fourth-order valence-electron chi connectivity index (χ4n) is 8.40. The number of rotatable bonds is 4. The van der Waals surface area contributed by atoms with E-state index in [2.05, 4.69) is 5.32 Å². The quantitative estimate of drug-likeness (QED) is 0.497. The fourth-order valence-corrected chi connectivity index (χ4v) is 8.40. The standard InChI is InChI=1S/C27H34FNO7/c1-13-8-16-15-10-18(28)17-9-14(30)6-7-25(17,2)23(15)20(31)11-26(16,3)27(13,35)21(32)12-36-24(34)19-4-5-22(33)29-19/h6-7,9,13,15-16,18-20,23,31,35H,4-5,8,10-12H2,1-3H3,(H,29,33)/t13-,15+,16+,18+,19+,20+,23-,25+,26+,27+/m1/s1. The highest BCUT2D eigenvalue weighted by Crippen LogP contribution is 2.68. The van der Waals surface area contributed by atoms with Crippen molar-refractivity contribution in [2.24, 2.45) is 34.5 Å². The summed E-state index contributed by atoms with van der Waals surface area (Å²) in [4.78, 5) is 49.2. The lowest BCUT2D eigenvalue weighted by Gasteiger charge is -2.60. The molecular formula is C27H34FNO7. The SMILES string of the molecule is C[C@@H]1C[C@H]2[C@@H]3C[C@H](F)C4=CC(=O)C=C[C@]4(C)[C@H]3[C@@H](O)C[C@]2(C)[C@@]1(O)C(=O)COC(=O)[C@@H]1CCC(=O)N1. The Kier molecular flexibility index (Phi) is 5.83. The number of carbonyl (C=O) groups excluding carboxylic acids is 4. The number of hydrogen-bond acceptors (Lipinski definition) is 7. The first-order valence-electron chi connectivity index (χ1n) is 12.8. The van der Waals surface area contributed by atoms with E-state index in [4.69, 9.17) is 4.74 Å². The third kappa shape index (κ3) is 3.38. The summed E-state index contributed by atoms with van der Waals surface area (Å²) in [5.74, 6) is -3.29. The van der Waals surface area contributed by atoms with Gasteiger partial charge in [0.25, 0.3) is 0 Å². The minimum absolute atomic E-state index is 0.109. The number of ether oxygens (including phenoxy) is 1. The van der Waals surface area contributed by atoms with E-state index in [9.17, 15) is 29.4 Å². The zero-order chi connectivity index (χ0) is 26.2. The van der Waals surface area contributed by atoms with Crippen LogP contribution in [0, 0.1) is 34.5 Å². The summed E-state index contributed by atoms with van der Waals surface area (Å²) >= 11 is 0. The van der Waals surface area contributed by atoms with E-state index in [0.29, 0.717) is 18.4 Å². The summed E-state index contributed by atoms with van der Waals surface area (Å²) in [6.07, 6.45) is 3.39. The van der Waals surface area contributed by atoms with Crippen molar-refractivity contribution in [3.05, 3.63) is 23.8 Å². The Morgan fingerprint density at radius 1 is 1.25 bits per heavy atom. The topological polar surface area (TPSA) is 130 Å². The molecule has 0 bridgehead atoms. The second-order valence-electron chi connectivity index (χ2n) is 11.9. The molecule has 196 valence electrons. The molecule has 0 spiro atoms. The van der Waals surface area contributed by atoms with E-state index < -0.39 is 59.0 Å². The molecule has 0 unspecified atom stereocenters. The van der Waals surface area contributed by atoms with Crippen LogP contribution in [0.15, 0.2) is 23.8 Å². The van der Waals surface area contributed by atoms with Crippen molar-refractivity contribution in [2.45, 2.75) is 76.8 Å². The highest BCUT2D eigenvalue weighted by Gasteiger charge is 2.71. The van der Waals surface area contributed by atoms with Crippen molar-refractivity contribution in [3.63, 3.8) is 0 Å². The van der Waals surface area contributed by atoms with Gasteiger partial charge in [-0.2, -0.15) is 0 Å². The monoisotopic (exact) mass is 503 g/mol. The molecule has 36 heavy (non-hydrogen) atoms. The largest absolute Gasteiger partial charge is 0.456 e. The second-order valence-corrected chi connectivity index (χ2v) is 11.9. The van der Waals surface area contributed by atoms with Crippen LogP contribution >= 0.6 is 0 Å². The number of amides is 1. The first-order chi connectivity index (χ1) is 16.8. The van der Waals surface area contributed by atoms with Crippen LogP contribution in [-0.4, -0.2) is 64.2 Å². The number of allylic oxidation sites excluding steroid dienone is 4. The first-order valence-corrected chi connectivity index (χ1v) is 12.8. The minimum Gasteiger partial charge on any atom is -0.456 e. The van der Waals surface area contributed by atoms with Gasteiger partial charge >= 0.3 is 5.97 Å². The Labute approximate surface area is 209 Å². The van der Waals surface area contributed by atoms with E-state index >= 15 is 4.39 Å². The van der Waals surface area contributed by atoms with E-state index in [1.165, 1.54) is 12.2 Å². The molecule has 3 N–H and O–H groups in total. The van der Waals surface area contributed by atoms with Gasteiger partial charge in [0, 0.05) is 23.2 Å². The van der Waals surface area contributed by atoms with Gasteiger partial charge in [-0.15, -0.1) is 0 Å². The van der Waals surface area contributed by atoms with E-state index in [1.54, 1.807) is 19.9 Å². The number of aliphatic hydroxyl groups excluding tert-OH is 1. The molecule has 10 atom stereocenters. The summed E-state index contributed by atoms with van der Waals surface area (Å²) in [5.41, 5.74) is -3.36. The maximum atomic E-state index is 15.5. The highest BCUT2D eigenvalue weighted by molar-refractivity contribution is 6.01. The van der Waals surface area contributed by atoms with Gasteiger partial charge in [-0.25, -0.2) is 9.18 Å². The smallest absolute Gasteiger partial charge is 0.329 e. The molecule has 1 heterocycles. The lowest BCUT2D eigenvalue weighted by molar-refractivity contribution is -0.188. The van der Waals surface area contributed by atoms with Crippen LogP contribution in [0.4, 0.5) is 4.39 Å². The van der Waals surface area contributed by atoms with E-state index in [0.717, 1.165) is 0 Å². The van der Waals surface area contributed by atoms with Crippen molar-refractivity contribution in [2.75, 3.05) is 6.61 Å². The lowest BCUT2D eigenvalue weighted by atomic mass is 9.46. The van der Waals surface area contributed by atoms with Crippen molar-refractivity contribution < 1.29 is 38.5 Å². The van der Waals surface area contributed by atoms with Gasteiger partial charge in [0.1, 0.15) is 17.8 Å². The molecule has 3 saturated carbocycles. The van der Waals surface area contributed by atoms with Gasteiger partial charge < -0.3 is 20.3 Å².